The van der Waals surface area contributed by atoms with Crippen molar-refractivity contribution in [2.75, 3.05) is 45.2 Å². The van der Waals surface area contributed by atoms with E-state index in [0.29, 0.717) is 39.0 Å². The van der Waals surface area contributed by atoms with E-state index in [9.17, 15) is 26.8 Å². The molecule has 1 aliphatic rings. The van der Waals surface area contributed by atoms with Crippen LogP contribution in [0.25, 0.3) is 0 Å². The average Bonchev–Trinajstić information content (AvgIpc) is 2.83. The van der Waals surface area contributed by atoms with Crippen molar-refractivity contribution < 1.29 is 31.5 Å². The largest absolute Gasteiger partial charge is 0.497 e. The van der Waals surface area contributed by atoms with Gasteiger partial charge in [0.25, 0.3) is 0 Å². The van der Waals surface area contributed by atoms with Crippen LogP contribution < -0.4 is 10.1 Å². The van der Waals surface area contributed by atoms with E-state index in [-0.39, 0.29) is 18.1 Å². The molecule has 0 aromatic heterocycles. The number of para-hydroxylation sites is 1. The van der Waals surface area contributed by atoms with Gasteiger partial charge < -0.3 is 15.0 Å². The lowest BCUT2D eigenvalue weighted by molar-refractivity contribution is -0.133. The Labute approximate surface area is 197 Å². The zero-order valence-corrected chi connectivity index (χ0v) is 19.6. The molecule has 0 spiro atoms. The summed E-state index contributed by atoms with van der Waals surface area (Å²) in [6.07, 6.45) is 0.995. The first-order valence-corrected chi connectivity index (χ1v) is 12.3. The minimum absolute atomic E-state index is 0.0334. The number of anilines is 1. The Morgan fingerprint density at radius 3 is 2.29 bits per heavy atom. The third kappa shape index (κ3) is 6.51. The van der Waals surface area contributed by atoms with E-state index in [1.807, 2.05) is 29.2 Å². The predicted octanol–water partition coefficient (Wildman–Crippen LogP) is 2.41. The molecular weight excluding hydrogens is 468 g/mol. The fourth-order valence-electron chi connectivity index (χ4n) is 3.66. The maximum Gasteiger partial charge on any atom is 0.341 e. The number of carbonyl (C=O) groups is 2. The van der Waals surface area contributed by atoms with Crippen LogP contribution in [0.2, 0.25) is 0 Å². The van der Waals surface area contributed by atoms with Crippen molar-refractivity contribution in [3.63, 3.8) is 0 Å². The number of nitrogens with zero attached hydrogens (tertiary/aromatic N) is 2. The molecule has 0 saturated carbocycles. The molecule has 184 valence electrons. The Balaban J connectivity index is 1.47. The second-order valence-electron chi connectivity index (χ2n) is 7.86. The van der Waals surface area contributed by atoms with Crippen LogP contribution in [0, 0.1) is 0 Å². The lowest BCUT2D eigenvalue weighted by atomic mass is 10.1. The summed E-state index contributed by atoms with van der Waals surface area (Å²) in [6.45, 7) is 1.82. The lowest BCUT2D eigenvalue weighted by Crippen LogP contribution is -2.50. The third-order valence-corrected chi connectivity index (χ3v) is 7.02. The number of piperazine rings is 1. The fourth-order valence-corrected chi connectivity index (χ4v) is 4.55. The summed E-state index contributed by atoms with van der Waals surface area (Å²) in [5.41, 5.74) is 0.860. The van der Waals surface area contributed by atoms with E-state index in [2.05, 4.69) is 5.32 Å². The number of carbonyl (C=O) groups excluding carboxylic acids is 2. The monoisotopic (exact) mass is 495 g/mol. The molecule has 11 heteroatoms. The van der Waals surface area contributed by atoms with Gasteiger partial charge in [-0.05, 0) is 36.2 Å². The molecule has 1 N–H and O–H groups in total. The number of ether oxygens (including phenoxy) is 1. The Bertz CT molecular complexity index is 1100. The summed E-state index contributed by atoms with van der Waals surface area (Å²) in [7, 11) is -3.25. The molecule has 1 aliphatic heterocycles. The number of benzene rings is 2. The first kappa shape index (κ1) is 25.6. The van der Waals surface area contributed by atoms with Crippen LogP contribution in [-0.4, -0.2) is 75.6 Å². The molecule has 2 aromatic rings. The number of amides is 2. The second-order valence-corrected chi connectivity index (χ2v) is 9.74. The summed E-state index contributed by atoms with van der Waals surface area (Å²) >= 11 is 0. The summed E-state index contributed by atoms with van der Waals surface area (Å²) < 4.78 is 54.7. The highest BCUT2D eigenvalue weighted by atomic mass is 32.2. The highest BCUT2D eigenvalue weighted by Gasteiger charge is 2.30. The standard InChI is InChI=1S/C23H27F2N3O5S/c1-33-18-9-6-17(7-10-18)8-11-22(30)28-14-12-27(13-15-28)16-21(29)26-19-4-2-3-5-20(19)34(31,32)23(24)25/h2-7,9-10,23H,8,11-16H2,1H3,(H,26,29). The number of alkyl halides is 2. The van der Waals surface area contributed by atoms with Crippen LogP contribution in [0.15, 0.2) is 53.4 Å². The number of halogens is 2. The molecule has 8 nitrogen and oxygen atoms in total. The van der Waals surface area contributed by atoms with Gasteiger partial charge in [0.15, 0.2) is 0 Å². The molecule has 34 heavy (non-hydrogen) atoms. The number of sulfone groups is 1. The highest BCUT2D eigenvalue weighted by Crippen LogP contribution is 2.26. The van der Waals surface area contributed by atoms with E-state index < -0.39 is 26.4 Å². The topological polar surface area (TPSA) is 96.0 Å². The molecule has 1 heterocycles. The van der Waals surface area contributed by atoms with E-state index in [4.69, 9.17) is 4.74 Å². The molecule has 1 saturated heterocycles. The number of aryl methyl sites for hydroxylation is 1. The van der Waals surface area contributed by atoms with Gasteiger partial charge in [0.05, 0.1) is 24.2 Å². The van der Waals surface area contributed by atoms with Gasteiger partial charge >= 0.3 is 5.76 Å². The van der Waals surface area contributed by atoms with Gasteiger partial charge in [-0.2, -0.15) is 8.78 Å². The molecule has 2 amide bonds. The molecule has 0 bridgehead atoms. The molecule has 0 atom stereocenters. The molecule has 1 fully saturated rings. The maximum atomic E-state index is 12.9. The molecule has 2 aromatic carbocycles. The van der Waals surface area contributed by atoms with Crippen molar-refractivity contribution >= 4 is 27.3 Å². The smallest absolute Gasteiger partial charge is 0.341 e. The molecule has 0 aliphatic carbocycles. The Kier molecular flexibility index (Phi) is 8.56. The molecule has 0 unspecified atom stereocenters. The predicted molar refractivity (Wildman–Crippen MR) is 123 cm³/mol. The molecule has 0 radical (unpaired) electrons. The van der Waals surface area contributed by atoms with Gasteiger partial charge in [-0.1, -0.05) is 24.3 Å². The summed E-state index contributed by atoms with van der Waals surface area (Å²) in [4.78, 5) is 27.9. The number of nitrogens with one attached hydrogen (secondary N) is 1. The number of hydrogen-bond acceptors (Lipinski definition) is 6. The molecular formula is C23H27F2N3O5S. The maximum absolute atomic E-state index is 12.9. The normalized spacial score (nSPS) is 14.8. The van der Waals surface area contributed by atoms with Crippen LogP contribution in [0.4, 0.5) is 14.5 Å². The van der Waals surface area contributed by atoms with Crippen LogP contribution >= 0.6 is 0 Å². The first-order chi connectivity index (χ1) is 16.2. The number of methoxy groups -OCH3 is 1. The van der Waals surface area contributed by atoms with Crippen molar-refractivity contribution in [2.45, 2.75) is 23.5 Å². The Hall–Kier alpha value is -3.05. The molecule has 3 rings (SSSR count). The second kappa shape index (κ2) is 11.4. The van der Waals surface area contributed by atoms with E-state index in [1.54, 1.807) is 12.0 Å². The first-order valence-electron chi connectivity index (χ1n) is 10.7. The van der Waals surface area contributed by atoms with E-state index in [1.165, 1.54) is 18.2 Å². The summed E-state index contributed by atoms with van der Waals surface area (Å²) in [5.74, 6) is -3.31. The Morgan fingerprint density at radius 2 is 1.68 bits per heavy atom. The third-order valence-electron chi connectivity index (χ3n) is 5.58. The van der Waals surface area contributed by atoms with Crippen molar-refractivity contribution in [1.82, 2.24) is 9.80 Å². The van der Waals surface area contributed by atoms with Crippen LogP contribution in [0.1, 0.15) is 12.0 Å². The van der Waals surface area contributed by atoms with Gasteiger partial charge in [0, 0.05) is 32.6 Å². The highest BCUT2D eigenvalue weighted by molar-refractivity contribution is 7.91. The van der Waals surface area contributed by atoms with Crippen molar-refractivity contribution in [2.24, 2.45) is 0 Å². The van der Waals surface area contributed by atoms with Crippen LogP contribution in [-0.2, 0) is 25.8 Å². The lowest BCUT2D eigenvalue weighted by Gasteiger charge is -2.34. The zero-order chi connectivity index (χ0) is 24.7. The minimum atomic E-state index is -4.84. The van der Waals surface area contributed by atoms with E-state index in [0.717, 1.165) is 17.4 Å². The fraction of sp³-hybridized carbons (Fsp3) is 0.391. The number of rotatable bonds is 9. The van der Waals surface area contributed by atoms with Gasteiger partial charge in [-0.25, -0.2) is 8.42 Å². The average molecular weight is 496 g/mol. The van der Waals surface area contributed by atoms with Crippen LogP contribution in [0.5, 0.6) is 5.75 Å². The Morgan fingerprint density at radius 1 is 1.03 bits per heavy atom. The van der Waals surface area contributed by atoms with Crippen molar-refractivity contribution in [3.8, 4) is 5.75 Å². The van der Waals surface area contributed by atoms with Crippen molar-refractivity contribution in [1.29, 1.82) is 0 Å². The zero-order valence-electron chi connectivity index (χ0n) is 18.7. The SMILES string of the molecule is COc1ccc(CCC(=O)N2CCN(CC(=O)Nc3ccccc3S(=O)(=O)C(F)F)CC2)cc1. The van der Waals surface area contributed by atoms with Gasteiger partial charge in [0.2, 0.25) is 21.7 Å². The summed E-state index contributed by atoms with van der Waals surface area (Å²) in [6, 6.07) is 12.6. The summed E-state index contributed by atoms with van der Waals surface area (Å²) in [5, 5.41) is 2.42. The van der Waals surface area contributed by atoms with Gasteiger partial charge in [-0.3, -0.25) is 14.5 Å². The minimum Gasteiger partial charge on any atom is -0.497 e. The quantitative estimate of drug-likeness (QED) is 0.574. The van der Waals surface area contributed by atoms with Gasteiger partial charge in [0.1, 0.15) is 5.75 Å². The van der Waals surface area contributed by atoms with Crippen molar-refractivity contribution in [3.05, 3.63) is 54.1 Å². The van der Waals surface area contributed by atoms with Crippen LogP contribution in [0.3, 0.4) is 0 Å². The van der Waals surface area contributed by atoms with E-state index >= 15 is 0 Å². The van der Waals surface area contributed by atoms with Gasteiger partial charge in [-0.15, -0.1) is 0 Å². The number of hydrogen-bond donors (Lipinski definition) is 1.